The second kappa shape index (κ2) is 33.5. The summed E-state index contributed by atoms with van der Waals surface area (Å²) in [5.41, 5.74) is 18.6. The van der Waals surface area contributed by atoms with Gasteiger partial charge in [-0.1, -0.05) is 279 Å². The van der Waals surface area contributed by atoms with Crippen molar-refractivity contribution in [2.45, 2.75) is 51.7 Å². The average molecular weight is 1520 g/mol. The van der Waals surface area contributed by atoms with E-state index in [0.717, 1.165) is 130 Å². The van der Waals surface area contributed by atoms with Crippen molar-refractivity contribution in [3.8, 4) is 68.3 Å². The molecule has 0 amide bonds. The summed E-state index contributed by atoms with van der Waals surface area (Å²) in [7, 11) is -0.341. The lowest BCUT2D eigenvalue weighted by Crippen LogP contribution is -2.41. The van der Waals surface area contributed by atoms with Gasteiger partial charge in [0.2, 0.25) is 17.2 Å². The molecule has 14 aromatic carbocycles. The number of para-hydroxylation sites is 8. The number of nitrogens with zero attached hydrogens (tertiary/aromatic N) is 10. The third kappa shape index (κ3) is 16.1. The Labute approximate surface area is 675 Å². The fraction of sp³-hybridized carbons (Fsp3) is 0.100. The van der Waals surface area contributed by atoms with Crippen LogP contribution >= 0.6 is 11.6 Å². The Morgan fingerprint density at radius 3 is 0.870 bits per heavy atom. The van der Waals surface area contributed by atoms with Crippen LogP contribution in [0.5, 0.6) is 0 Å². The van der Waals surface area contributed by atoms with Gasteiger partial charge in [0.05, 0.1) is 33.3 Å². The summed E-state index contributed by atoms with van der Waals surface area (Å²) >= 11 is 6.24. The van der Waals surface area contributed by atoms with Crippen LogP contribution in [0.2, 0.25) is 5.28 Å². The number of benzene rings is 14. The average Bonchev–Trinajstić information content (AvgIpc) is 1.51. The van der Waals surface area contributed by atoms with E-state index in [1.165, 1.54) is 18.4 Å². The number of ether oxygens (including phenoxy) is 1. The molecule has 0 N–H and O–H groups in total. The van der Waals surface area contributed by atoms with E-state index in [1.807, 2.05) is 114 Å². The standard InChI is InChI=1S/C45H31N5.C30H30BNO2.C21H13ClN4.C4H8O/c1-4-14-34(15-5-1)43-46-44(48-45(47-43)50-41-22-12-10-20-39(41)40-21-11-13-23-42(40)50)35-26-24-32(25-27-35)33-28-30-38(31-29-33)49(36-16-6-2-7-17-36)37-18-8-3-9-19-37;1-29(2)30(3,4)34-31(33-29)25-19-15-23(16-20-25)24-17-21-28(22-18-24)32(26-11-7-5-8-12-26)27-13-9-6-10-14-27;22-20-23-19(14-8-2-1-3-9-14)24-21(25-20)26-17-12-6-4-10-15(17)16-11-5-7-13-18(16)26;1-2-4-5-3-1/h1-31H;5-22H,1-4H3;1-13H;1-4H2. The monoisotopic (exact) mass is 1520 g/mol. The van der Waals surface area contributed by atoms with Gasteiger partial charge in [0.15, 0.2) is 17.5 Å². The van der Waals surface area contributed by atoms with Crippen molar-refractivity contribution in [3.63, 3.8) is 0 Å². The maximum Gasteiger partial charge on any atom is 0.494 e. The Morgan fingerprint density at radius 1 is 0.278 bits per heavy atom. The summed E-state index contributed by atoms with van der Waals surface area (Å²) in [4.78, 5) is 33.1. The molecular formula is C100H82BClN10O3. The Bertz CT molecular complexity index is 6110. The zero-order chi connectivity index (χ0) is 78.1. The van der Waals surface area contributed by atoms with Crippen LogP contribution in [0, 0.1) is 0 Å². The topological polar surface area (TPSA) is 121 Å². The highest BCUT2D eigenvalue weighted by molar-refractivity contribution is 6.62. The molecule has 0 unspecified atom stereocenters. The van der Waals surface area contributed by atoms with Crippen molar-refractivity contribution in [2.75, 3.05) is 23.0 Å². The molecule has 13 nitrogen and oxygen atoms in total. The molecule has 6 heterocycles. The highest BCUT2D eigenvalue weighted by Crippen LogP contribution is 2.41. The van der Waals surface area contributed by atoms with Gasteiger partial charge in [-0.15, -0.1) is 0 Å². The maximum atomic E-state index is 6.24. The van der Waals surface area contributed by atoms with Gasteiger partial charge >= 0.3 is 7.12 Å². The van der Waals surface area contributed by atoms with Crippen molar-refractivity contribution in [1.82, 2.24) is 39.0 Å². The lowest BCUT2D eigenvalue weighted by Gasteiger charge is -2.32. The van der Waals surface area contributed by atoms with Gasteiger partial charge < -0.3 is 23.8 Å². The number of hydrogen-bond donors (Lipinski definition) is 0. The van der Waals surface area contributed by atoms with Crippen molar-refractivity contribution < 1.29 is 14.0 Å². The van der Waals surface area contributed by atoms with Crippen molar-refractivity contribution in [2.24, 2.45) is 0 Å². The zero-order valence-electron chi connectivity index (χ0n) is 64.3. The van der Waals surface area contributed by atoms with Gasteiger partial charge in [-0.25, -0.2) is 4.98 Å². The number of halogens is 1. The van der Waals surface area contributed by atoms with Crippen LogP contribution in [-0.4, -0.2) is 70.6 Å². The van der Waals surface area contributed by atoms with E-state index in [1.54, 1.807) is 0 Å². The Balaban J connectivity index is 0.000000127. The molecule has 0 radical (unpaired) electrons. The molecule has 0 bridgehead atoms. The van der Waals surface area contributed by atoms with Crippen molar-refractivity contribution in [3.05, 3.63) is 381 Å². The van der Waals surface area contributed by atoms with Gasteiger partial charge in [-0.3, -0.25) is 9.13 Å². The summed E-state index contributed by atoms with van der Waals surface area (Å²) < 4.78 is 21.5. The first-order chi connectivity index (χ1) is 56.4. The van der Waals surface area contributed by atoms with Crippen LogP contribution < -0.4 is 15.3 Å². The molecule has 2 saturated heterocycles. The summed E-state index contributed by atoms with van der Waals surface area (Å²) in [6, 6.07) is 129. The number of hydrogen-bond acceptors (Lipinski definition) is 11. The smallest absolute Gasteiger partial charge is 0.399 e. The van der Waals surface area contributed by atoms with Crippen LogP contribution in [0.4, 0.5) is 34.1 Å². The molecule has 15 heteroatoms. The normalized spacial score (nSPS) is 13.3. The molecule has 0 aliphatic carbocycles. The Hall–Kier alpha value is -13.5. The van der Waals surface area contributed by atoms with Crippen molar-refractivity contribution in [1.29, 1.82) is 0 Å². The fourth-order valence-electron chi connectivity index (χ4n) is 14.7. The van der Waals surface area contributed by atoms with Crippen LogP contribution in [-0.2, 0) is 14.0 Å². The van der Waals surface area contributed by atoms with Crippen LogP contribution in [0.1, 0.15) is 40.5 Å². The molecule has 0 saturated carbocycles. The highest BCUT2D eigenvalue weighted by atomic mass is 35.5. The fourth-order valence-corrected chi connectivity index (χ4v) is 14.8. The SMILES string of the molecule is C1CCOC1.CC1(C)OB(c2ccc(-c3ccc(N(c4ccccc4)c4ccccc4)cc3)cc2)OC1(C)C.Clc1nc(-c2ccccc2)nc(-n2c3ccccc3c3ccccc32)n1.c1ccc(-c2nc(-c3ccc(-c4ccc(N(c5ccccc5)c5ccccc5)cc4)cc3)nc(-n3c4ccccc4c4ccccc43)n2)cc1. The zero-order valence-corrected chi connectivity index (χ0v) is 65.0. The summed E-state index contributed by atoms with van der Waals surface area (Å²) in [5.74, 6) is 2.92. The molecular weight excluding hydrogens is 1440 g/mol. The quantitative estimate of drug-likeness (QED) is 0.0968. The largest absolute Gasteiger partial charge is 0.494 e. The molecule has 2 fully saturated rings. The van der Waals surface area contributed by atoms with E-state index < -0.39 is 0 Å². The summed E-state index contributed by atoms with van der Waals surface area (Å²) in [5, 5.41) is 4.81. The van der Waals surface area contributed by atoms with Crippen molar-refractivity contribution >= 4 is 102 Å². The maximum absolute atomic E-state index is 6.24. The minimum Gasteiger partial charge on any atom is -0.399 e. The van der Waals surface area contributed by atoms with E-state index in [0.29, 0.717) is 29.4 Å². The van der Waals surface area contributed by atoms with Gasteiger partial charge in [-0.2, -0.15) is 24.9 Å². The number of rotatable bonds is 14. The first kappa shape index (κ1) is 74.3. The molecule has 560 valence electrons. The Morgan fingerprint density at radius 2 is 0.539 bits per heavy atom. The molecule has 20 rings (SSSR count). The molecule has 0 atom stereocenters. The lowest BCUT2D eigenvalue weighted by molar-refractivity contribution is 0.00578. The van der Waals surface area contributed by atoms with E-state index in [-0.39, 0.29) is 23.6 Å². The van der Waals surface area contributed by atoms with E-state index in [2.05, 4.69) is 319 Å². The van der Waals surface area contributed by atoms with E-state index in [9.17, 15) is 0 Å². The van der Waals surface area contributed by atoms with Gasteiger partial charge in [0.25, 0.3) is 0 Å². The first-order valence-corrected chi connectivity index (χ1v) is 39.2. The third-order valence-corrected chi connectivity index (χ3v) is 21.4. The first-order valence-electron chi connectivity index (χ1n) is 38.9. The Kier molecular flexibility index (Phi) is 21.6. The van der Waals surface area contributed by atoms with Crippen LogP contribution in [0.15, 0.2) is 376 Å². The molecule has 18 aromatic rings. The predicted molar refractivity (Wildman–Crippen MR) is 472 cm³/mol. The van der Waals surface area contributed by atoms with Gasteiger partial charge in [-0.05, 0) is 177 Å². The second-order valence-corrected chi connectivity index (χ2v) is 29.5. The minimum atomic E-state index is -0.341. The summed E-state index contributed by atoms with van der Waals surface area (Å²) in [6.45, 7) is 10.3. The number of anilines is 6. The molecule has 115 heavy (non-hydrogen) atoms. The predicted octanol–water partition coefficient (Wildman–Crippen LogP) is 24.6. The minimum absolute atomic E-state index is 0.177. The second-order valence-electron chi connectivity index (χ2n) is 29.2. The molecule has 2 aliphatic rings. The van der Waals surface area contributed by atoms with Gasteiger partial charge in [0, 0.05) is 85.6 Å². The number of aromatic nitrogens is 8. The van der Waals surface area contributed by atoms with Gasteiger partial charge in [0.1, 0.15) is 0 Å². The lowest BCUT2D eigenvalue weighted by atomic mass is 9.78. The van der Waals surface area contributed by atoms with E-state index in [4.69, 9.17) is 45.6 Å². The highest BCUT2D eigenvalue weighted by Gasteiger charge is 2.51. The molecule has 4 aromatic heterocycles. The van der Waals surface area contributed by atoms with E-state index >= 15 is 0 Å². The third-order valence-electron chi connectivity index (χ3n) is 21.2. The number of fused-ring (bicyclic) bond motifs is 6. The summed E-state index contributed by atoms with van der Waals surface area (Å²) in [6.07, 6.45) is 2.56. The molecule has 2 aliphatic heterocycles. The van der Waals surface area contributed by atoms with Crippen LogP contribution in [0.25, 0.3) is 112 Å². The van der Waals surface area contributed by atoms with Crippen LogP contribution in [0.3, 0.4) is 0 Å². The molecule has 0 spiro atoms.